The Labute approximate surface area is 121 Å². The van der Waals surface area contributed by atoms with Crippen LogP contribution in [-0.4, -0.2) is 16.6 Å². The molecular weight excluding hydrogens is 272 g/mol. The van der Waals surface area contributed by atoms with Crippen molar-refractivity contribution in [1.29, 1.82) is 0 Å². The molecule has 0 bridgehead atoms. The summed E-state index contributed by atoms with van der Waals surface area (Å²) in [5.41, 5.74) is 2.18. The second-order valence-electron chi connectivity index (χ2n) is 5.32. The van der Waals surface area contributed by atoms with Crippen molar-refractivity contribution < 1.29 is 14.5 Å². The molecule has 1 amide bonds. The fraction of sp³-hybridized carbons (Fsp3) is 0.333. The zero-order valence-corrected chi connectivity index (χ0v) is 11.3. The van der Waals surface area contributed by atoms with Crippen LogP contribution in [0.3, 0.4) is 0 Å². The summed E-state index contributed by atoms with van der Waals surface area (Å²) in [7, 11) is 0. The van der Waals surface area contributed by atoms with Gasteiger partial charge in [0, 0.05) is 42.2 Å². The Morgan fingerprint density at radius 2 is 1.86 bits per heavy atom. The number of Topliss-reactive ketones (excluding diaryl/α,β-unsaturated/α-hetero) is 1. The molecule has 0 aromatic heterocycles. The van der Waals surface area contributed by atoms with Crippen LogP contribution in [0.4, 0.5) is 5.69 Å². The molecule has 3 rings (SSSR count). The molecule has 1 aromatic carbocycles. The van der Waals surface area contributed by atoms with Crippen LogP contribution in [0.5, 0.6) is 0 Å². The lowest BCUT2D eigenvalue weighted by Crippen LogP contribution is -2.36. The highest BCUT2D eigenvalue weighted by molar-refractivity contribution is 6.01. The highest BCUT2D eigenvalue weighted by Gasteiger charge is 2.34. The zero-order chi connectivity index (χ0) is 15.0. The van der Waals surface area contributed by atoms with Crippen LogP contribution < -0.4 is 5.32 Å². The summed E-state index contributed by atoms with van der Waals surface area (Å²) in [5, 5.41) is 13.5. The molecule has 108 valence electrons. The van der Waals surface area contributed by atoms with Gasteiger partial charge in [0.2, 0.25) is 5.91 Å². The second-order valence-corrected chi connectivity index (χ2v) is 5.32. The van der Waals surface area contributed by atoms with Crippen molar-refractivity contribution in [2.75, 3.05) is 0 Å². The fourth-order valence-electron chi connectivity index (χ4n) is 3.02. The Balaban J connectivity index is 2.01. The van der Waals surface area contributed by atoms with Crippen LogP contribution in [0.15, 0.2) is 35.5 Å². The minimum absolute atomic E-state index is 0.00295. The molecule has 21 heavy (non-hydrogen) atoms. The number of nitrogens with one attached hydrogen (secondary N) is 1. The molecule has 6 heteroatoms. The molecule has 1 aromatic rings. The first kappa shape index (κ1) is 13.5. The Kier molecular flexibility index (Phi) is 3.29. The first-order valence-corrected chi connectivity index (χ1v) is 6.86. The van der Waals surface area contributed by atoms with Crippen molar-refractivity contribution in [2.24, 2.45) is 0 Å². The van der Waals surface area contributed by atoms with Crippen molar-refractivity contribution in [3.8, 4) is 0 Å². The van der Waals surface area contributed by atoms with Crippen molar-refractivity contribution in [1.82, 2.24) is 5.32 Å². The number of amides is 1. The van der Waals surface area contributed by atoms with E-state index in [1.54, 1.807) is 12.1 Å². The van der Waals surface area contributed by atoms with Gasteiger partial charge in [-0.15, -0.1) is 0 Å². The van der Waals surface area contributed by atoms with Crippen molar-refractivity contribution >= 4 is 17.4 Å². The third-order valence-corrected chi connectivity index (χ3v) is 3.99. The summed E-state index contributed by atoms with van der Waals surface area (Å²) >= 11 is 0. The molecule has 1 atom stereocenters. The van der Waals surface area contributed by atoms with Gasteiger partial charge in [-0.25, -0.2) is 0 Å². The summed E-state index contributed by atoms with van der Waals surface area (Å²) < 4.78 is 0. The minimum Gasteiger partial charge on any atom is -0.329 e. The van der Waals surface area contributed by atoms with E-state index in [0.717, 1.165) is 17.7 Å². The molecule has 1 N–H and O–H groups in total. The number of non-ortho nitro benzene ring substituents is 1. The topological polar surface area (TPSA) is 89.3 Å². The summed E-state index contributed by atoms with van der Waals surface area (Å²) in [5.74, 6) is -0.325. The van der Waals surface area contributed by atoms with Gasteiger partial charge < -0.3 is 5.32 Å². The number of nitrogens with zero attached hydrogens (tertiary/aromatic N) is 1. The van der Waals surface area contributed by atoms with Gasteiger partial charge in [-0.2, -0.15) is 0 Å². The van der Waals surface area contributed by atoms with Gasteiger partial charge in [-0.3, -0.25) is 19.7 Å². The monoisotopic (exact) mass is 286 g/mol. The molecule has 6 nitrogen and oxygen atoms in total. The van der Waals surface area contributed by atoms with E-state index in [0.29, 0.717) is 18.4 Å². The molecule has 0 spiro atoms. The average molecular weight is 286 g/mol. The number of hydrogen-bond donors (Lipinski definition) is 1. The predicted octanol–water partition coefficient (Wildman–Crippen LogP) is 2.21. The molecular formula is C15H14N2O4. The standard InChI is InChI=1S/C15H14N2O4/c18-13-3-1-2-12-15(13)11(8-14(19)16-12)9-4-6-10(7-5-9)17(20)21/h4-7,11H,1-3,8H2,(H,16,19)/t11-/m0/s1. The number of carbonyl (C=O) groups is 2. The Hall–Kier alpha value is -2.50. The maximum atomic E-state index is 12.2. The van der Waals surface area contributed by atoms with Crippen LogP contribution in [0.1, 0.15) is 37.2 Å². The van der Waals surface area contributed by atoms with Gasteiger partial charge in [-0.1, -0.05) is 12.1 Å². The van der Waals surface area contributed by atoms with Gasteiger partial charge in [-0.05, 0) is 18.4 Å². The average Bonchev–Trinajstić information content (AvgIpc) is 2.46. The highest BCUT2D eigenvalue weighted by Crippen LogP contribution is 2.38. The molecule has 2 aliphatic rings. The molecule has 1 aliphatic carbocycles. The lowest BCUT2D eigenvalue weighted by atomic mass is 9.78. The van der Waals surface area contributed by atoms with E-state index in [9.17, 15) is 19.7 Å². The van der Waals surface area contributed by atoms with Crippen LogP contribution in [-0.2, 0) is 9.59 Å². The number of allylic oxidation sites excluding steroid dienone is 2. The number of nitro groups is 1. The fourth-order valence-corrected chi connectivity index (χ4v) is 3.02. The lowest BCUT2D eigenvalue weighted by molar-refractivity contribution is -0.384. The van der Waals surface area contributed by atoms with Gasteiger partial charge in [0.05, 0.1) is 4.92 Å². The van der Waals surface area contributed by atoms with Crippen molar-refractivity contribution in [2.45, 2.75) is 31.6 Å². The molecule has 0 radical (unpaired) electrons. The zero-order valence-electron chi connectivity index (χ0n) is 11.3. The maximum Gasteiger partial charge on any atom is 0.269 e. The Morgan fingerprint density at radius 3 is 2.52 bits per heavy atom. The largest absolute Gasteiger partial charge is 0.329 e. The van der Waals surface area contributed by atoms with Crippen molar-refractivity contribution in [3.63, 3.8) is 0 Å². The van der Waals surface area contributed by atoms with Crippen LogP contribution in [0, 0.1) is 10.1 Å². The van der Waals surface area contributed by atoms with E-state index >= 15 is 0 Å². The molecule has 0 saturated carbocycles. The number of nitro benzene ring substituents is 1. The Morgan fingerprint density at radius 1 is 1.14 bits per heavy atom. The third-order valence-electron chi connectivity index (χ3n) is 3.99. The minimum atomic E-state index is -0.464. The summed E-state index contributed by atoms with van der Waals surface area (Å²) in [6.45, 7) is 0. The molecule has 1 aliphatic heterocycles. The number of ketones is 1. The number of rotatable bonds is 2. The van der Waals surface area contributed by atoms with E-state index in [1.807, 2.05) is 0 Å². The van der Waals surface area contributed by atoms with Gasteiger partial charge >= 0.3 is 0 Å². The number of hydrogen-bond acceptors (Lipinski definition) is 4. The normalized spacial score (nSPS) is 21.8. The number of benzene rings is 1. The number of carbonyl (C=O) groups excluding carboxylic acids is 2. The van der Waals surface area contributed by atoms with Gasteiger partial charge in [0.25, 0.3) is 5.69 Å². The molecule has 0 unspecified atom stereocenters. The first-order valence-electron chi connectivity index (χ1n) is 6.86. The van der Waals surface area contributed by atoms with E-state index < -0.39 is 4.92 Å². The van der Waals surface area contributed by atoms with Crippen LogP contribution >= 0.6 is 0 Å². The van der Waals surface area contributed by atoms with Gasteiger partial charge in [0.15, 0.2) is 5.78 Å². The second kappa shape index (κ2) is 5.12. The molecule has 0 fully saturated rings. The van der Waals surface area contributed by atoms with Crippen LogP contribution in [0.25, 0.3) is 0 Å². The Bertz CT molecular complexity index is 661. The van der Waals surface area contributed by atoms with Gasteiger partial charge in [0.1, 0.15) is 0 Å². The van der Waals surface area contributed by atoms with E-state index in [-0.39, 0.29) is 29.7 Å². The van der Waals surface area contributed by atoms with E-state index in [2.05, 4.69) is 5.32 Å². The molecule has 1 heterocycles. The SMILES string of the molecule is O=C1C[C@@H](c2ccc([N+](=O)[O-])cc2)C2=C(CCCC2=O)N1. The third kappa shape index (κ3) is 2.44. The smallest absolute Gasteiger partial charge is 0.269 e. The highest BCUT2D eigenvalue weighted by atomic mass is 16.6. The van der Waals surface area contributed by atoms with E-state index in [1.165, 1.54) is 12.1 Å². The molecule has 0 saturated heterocycles. The van der Waals surface area contributed by atoms with Crippen LogP contribution in [0.2, 0.25) is 0 Å². The summed E-state index contributed by atoms with van der Waals surface area (Å²) in [6.07, 6.45) is 2.17. The lowest BCUT2D eigenvalue weighted by Gasteiger charge is -2.31. The summed E-state index contributed by atoms with van der Waals surface area (Å²) in [4.78, 5) is 34.2. The first-order chi connectivity index (χ1) is 10.1. The predicted molar refractivity (Wildman–Crippen MR) is 74.5 cm³/mol. The maximum absolute atomic E-state index is 12.2. The van der Waals surface area contributed by atoms with Crippen molar-refractivity contribution in [3.05, 3.63) is 51.2 Å². The summed E-state index contributed by atoms with van der Waals surface area (Å²) in [6, 6.07) is 6.09. The van der Waals surface area contributed by atoms with E-state index in [4.69, 9.17) is 0 Å². The quantitative estimate of drug-likeness (QED) is 0.666.